The lowest BCUT2D eigenvalue weighted by molar-refractivity contribution is -0.116. The van der Waals surface area contributed by atoms with Gasteiger partial charge >= 0.3 is 0 Å². The van der Waals surface area contributed by atoms with Gasteiger partial charge in [-0.1, -0.05) is 17.7 Å². The summed E-state index contributed by atoms with van der Waals surface area (Å²) < 4.78 is 44.3. The van der Waals surface area contributed by atoms with E-state index in [9.17, 15) is 18.0 Å². The van der Waals surface area contributed by atoms with Gasteiger partial charge in [-0.2, -0.15) is 10.2 Å². The van der Waals surface area contributed by atoms with E-state index in [0.717, 1.165) is 12.8 Å². The van der Waals surface area contributed by atoms with Gasteiger partial charge in [0.2, 0.25) is 5.91 Å². The standard InChI is InChI=1S/C23H20ClF3N6O/c1-12-21-14(22(26)27)9-18(13-5-6-13)28-23(21)33(30-12)11-20(34)29-19-7-8-32(31-19)10-15-16(24)3-2-4-17(15)25/h2-4,7-9,13,22H,5-6,10-11H2,1H3,(H,29,31,34). The highest BCUT2D eigenvalue weighted by atomic mass is 35.5. The van der Waals surface area contributed by atoms with Crippen molar-refractivity contribution in [2.75, 3.05) is 5.32 Å². The minimum absolute atomic E-state index is 0.0919. The third-order valence-electron chi connectivity index (χ3n) is 5.74. The molecule has 0 unspecified atom stereocenters. The molecule has 0 saturated heterocycles. The van der Waals surface area contributed by atoms with Crippen molar-refractivity contribution in [1.82, 2.24) is 24.5 Å². The van der Waals surface area contributed by atoms with Crippen molar-refractivity contribution in [3.05, 3.63) is 69.9 Å². The second-order valence-corrected chi connectivity index (χ2v) is 8.71. The predicted molar refractivity (Wildman–Crippen MR) is 121 cm³/mol. The topological polar surface area (TPSA) is 77.6 Å². The van der Waals surface area contributed by atoms with Gasteiger partial charge in [-0.25, -0.2) is 22.8 Å². The van der Waals surface area contributed by atoms with Gasteiger partial charge in [0, 0.05) is 40.0 Å². The lowest BCUT2D eigenvalue weighted by Gasteiger charge is -2.08. The van der Waals surface area contributed by atoms with Gasteiger partial charge in [-0.05, 0) is 38.0 Å². The minimum Gasteiger partial charge on any atom is -0.308 e. The second-order valence-electron chi connectivity index (χ2n) is 8.30. The largest absolute Gasteiger partial charge is 0.308 e. The van der Waals surface area contributed by atoms with Crippen LogP contribution in [0.1, 0.15) is 47.7 Å². The van der Waals surface area contributed by atoms with Crippen molar-refractivity contribution in [3.63, 3.8) is 0 Å². The number of hydrogen-bond donors (Lipinski definition) is 1. The molecule has 11 heteroatoms. The maximum Gasteiger partial charge on any atom is 0.264 e. The third-order valence-corrected chi connectivity index (χ3v) is 6.10. The van der Waals surface area contributed by atoms with Crippen molar-refractivity contribution in [1.29, 1.82) is 0 Å². The number of hydrogen-bond acceptors (Lipinski definition) is 4. The van der Waals surface area contributed by atoms with Crippen LogP contribution in [0.15, 0.2) is 36.5 Å². The number of aryl methyl sites for hydroxylation is 1. The number of alkyl halides is 2. The van der Waals surface area contributed by atoms with Crippen LogP contribution in [0.2, 0.25) is 5.02 Å². The molecule has 4 aromatic rings. The van der Waals surface area contributed by atoms with Gasteiger partial charge in [0.15, 0.2) is 11.5 Å². The van der Waals surface area contributed by atoms with Crippen LogP contribution >= 0.6 is 11.6 Å². The van der Waals surface area contributed by atoms with Crippen LogP contribution in [-0.2, 0) is 17.9 Å². The highest BCUT2D eigenvalue weighted by Gasteiger charge is 2.29. The van der Waals surface area contributed by atoms with Gasteiger partial charge in [-0.3, -0.25) is 9.48 Å². The lowest BCUT2D eigenvalue weighted by Crippen LogP contribution is -2.20. The molecule has 7 nitrogen and oxygen atoms in total. The number of nitrogens with one attached hydrogen (secondary N) is 1. The molecule has 1 aliphatic rings. The third kappa shape index (κ3) is 4.37. The van der Waals surface area contributed by atoms with Crippen LogP contribution in [0.3, 0.4) is 0 Å². The second kappa shape index (κ2) is 8.75. The van der Waals surface area contributed by atoms with Gasteiger partial charge in [0.1, 0.15) is 12.4 Å². The summed E-state index contributed by atoms with van der Waals surface area (Å²) in [5.74, 6) is -0.469. The fourth-order valence-electron chi connectivity index (χ4n) is 3.96. The van der Waals surface area contributed by atoms with E-state index in [-0.39, 0.29) is 52.0 Å². The Kier molecular flexibility index (Phi) is 5.76. The normalized spacial score (nSPS) is 13.7. The number of aromatic nitrogens is 5. The molecule has 5 rings (SSSR count). The molecule has 1 aliphatic carbocycles. The Bertz CT molecular complexity index is 1370. The number of rotatable bonds is 7. The summed E-state index contributed by atoms with van der Waals surface area (Å²) in [7, 11) is 0. The molecule has 0 radical (unpaired) electrons. The Morgan fingerprint density at radius 1 is 1.26 bits per heavy atom. The summed E-state index contributed by atoms with van der Waals surface area (Å²) in [5.41, 5.74) is 1.44. The summed E-state index contributed by atoms with van der Waals surface area (Å²) in [6.45, 7) is 1.49. The fraction of sp³-hybridized carbons (Fsp3) is 0.304. The van der Waals surface area contributed by atoms with Crippen molar-refractivity contribution in [2.45, 2.75) is 45.2 Å². The van der Waals surface area contributed by atoms with Crippen LogP contribution in [0.25, 0.3) is 11.0 Å². The number of anilines is 1. The lowest BCUT2D eigenvalue weighted by atomic mass is 10.1. The first kappa shape index (κ1) is 22.4. The van der Waals surface area contributed by atoms with Gasteiger partial charge in [0.25, 0.3) is 6.43 Å². The van der Waals surface area contributed by atoms with E-state index in [1.807, 2.05) is 0 Å². The molecule has 0 spiro atoms. The average Bonchev–Trinajstić information content (AvgIpc) is 3.48. The summed E-state index contributed by atoms with van der Waals surface area (Å²) in [6.07, 6.45) is 0.745. The number of nitrogens with zero attached hydrogens (tertiary/aromatic N) is 5. The minimum atomic E-state index is -2.67. The quantitative estimate of drug-likeness (QED) is 0.386. The van der Waals surface area contributed by atoms with Gasteiger partial charge in [0.05, 0.1) is 17.6 Å². The zero-order valence-corrected chi connectivity index (χ0v) is 18.9. The van der Waals surface area contributed by atoms with Gasteiger partial charge in [-0.15, -0.1) is 0 Å². The average molecular weight is 489 g/mol. The number of fused-ring (bicyclic) bond motifs is 1. The Hall–Kier alpha value is -3.40. The number of amides is 1. The van der Waals surface area contributed by atoms with Crippen molar-refractivity contribution >= 4 is 34.4 Å². The molecule has 1 amide bonds. The molecule has 0 aliphatic heterocycles. The maximum atomic E-state index is 14.0. The molecule has 0 atom stereocenters. The zero-order valence-electron chi connectivity index (χ0n) is 18.1. The van der Waals surface area contributed by atoms with E-state index in [4.69, 9.17) is 11.6 Å². The summed E-state index contributed by atoms with van der Waals surface area (Å²) in [5, 5.41) is 11.7. The van der Waals surface area contributed by atoms with Crippen LogP contribution in [0.5, 0.6) is 0 Å². The molecule has 34 heavy (non-hydrogen) atoms. The van der Waals surface area contributed by atoms with E-state index in [2.05, 4.69) is 20.5 Å². The van der Waals surface area contributed by atoms with Crippen LogP contribution < -0.4 is 5.32 Å². The highest BCUT2D eigenvalue weighted by Crippen LogP contribution is 2.41. The van der Waals surface area contributed by atoms with E-state index in [1.165, 1.54) is 27.6 Å². The zero-order chi connectivity index (χ0) is 24.0. The number of pyridine rings is 1. The number of carbonyl (C=O) groups excluding carboxylic acids is 1. The first-order valence-corrected chi connectivity index (χ1v) is 11.1. The van der Waals surface area contributed by atoms with E-state index in [0.29, 0.717) is 11.4 Å². The number of halogens is 4. The Labute approximate surface area is 197 Å². The Morgan fingerprint density at radius 2 is 2.06 bits per heavy atom. The molecule has 0 bridgehead atoms. The first-order chi connectivity index (χ1) is 16.3. The number of carbonyl (C=O) groups is 1. The van der Waals surface area contributed by atoms with Crippen molar-refractivity contribution in [3.8, 4) is 0 Å². The van der Waals surface area contributed by atoms with Crippen LogP contribution in [-0.4, -0.2) is 30.5 Å². The van der Waals surface area contributed by atoms with Crippen molar-refractivity contribution < 1.29 is 18.0 Å². The molecule has 1 aromatic carbocycles. The monoisotopic (exact) mass is 488 g/mol. The Morgan fingerprint density at radius 3 is 2.76 bits per heavy atom. The smallest absolute Gasteiger partial charge is 0.264 e. The summed E-state index contributed by atoms with van der Waals surface area (Å²) >= 11 is 6.06. The molecular weight excluding hydrogens is 469 g/mol. The highest BCUT2D eigenvalue weighted by molar-refractivity contribution is 6.31. The first-order valence-electron chi connectivity index (χ1n) is 10.7. The predicted octanol–water partition coefficient (Wildman–Crippen LogP) is 5.23. The number of benzene rings is 1. The van der Waals surface area contributed by atoms with E-state index in [1.54, 1.807) is 25.3 Å². The van der Waals surface area contributed by atoms with E-state index >= 15 is 0 Å². The molecule has 3 aromatic heterocycles. The molecular formula is C23H20ClF3N6O. The molecule has 3 heterocycles. The molecule has 176 valence electrons. The van der Waals surface area contributed by atoms with E-state index < -0.39 is 18.1 Å². The molecule has 1 fully saturated rings. The summed E-state index contributed by atoms with van der Waals surface area (Å²) in [6, 6.07) is 7.44. The maximum absolute atomic E-state index is 14.0. The van der Waals surface area contributed by atoms with Crippen LogP contribution in [0, 0.1) is 12.7 Å². The Balaban J connectivity index is 1.35. The van der Waals surface area contributed by atoms with Crippen LogP contribution in [0.4, 0.5) is 19.0 Å². The van der Waals surface area contributed by atoms with Gasteiger partial charge < -0.3 is 5.32 Å². The summed E-state index contributed by atoms with van der Waals surface area (Å²) in [4.78, 5) is 17.2. The van der Waals surface area contributed by atoms with Crippen molar-refractivity contribution in [2.24, 2.45) is 0 Å². The molecule has 1 saturated carbocycles. The molecule has 1 N–H and O–H groups in total. The fourth-order valence-corrected chi connectivity index (χ4v) is 4.18. The SMILES string of the molecule is Cc1nn(CC(=O)Nc2ccn(Cc3c(F)cccc3Cl)n2)c2nc(C3CC3)cc(C(F)F)c12.